The van der Waals surface area contributed by atoms with Crippen LogP contribution in [0.2, 0.25) is 5.15 Å². The van der Waals surface area contributed by atoms with Gasteiger partial charge in [-0.3, -0.25) is 4.72 Å². The van der Waals surface area contributed by atoms with Crippen molar-refractivity contribution in [3.05, 3.63) is 34.4 Å². The van der Waals surface area contributed by atoms with Crippen LogP contribution in [0.3, 0.4) is 0 Å². The summed E-state index contributed by atoms with van der Waals surface area (Å²) in [6.07, 6.45) is 1.37. The lowest BCUT2D eigenvalue weighted by Gasteiger charge is -2.09. The highest BCUT2D eigenvalue weighted by Crippen LogP contribution is 2.24. The minimum absolute atomic E-state index is 0.0434. The third-order valence-corrected chi connectivity index (χ3v) is 4.37. The molecule has 0 aromatic carbocycles. The van der Waals surface area contributed by atoms with E-state index in [9.17, 15) is 8.42 Å². The van der Waals surface area contributed by atoms with Crippen LogP contribution in [0.4, 0.5) is 5.69 Å². The summed E-state index contributed by atoms with van der Waals surface area (Å²) < 4.78 is 31.9. The SMILES string of the molecule is Cc1cc(Cl)ncc1NS(=O)(=O)c1c(C)noc1C. The number of aryl methyl sites for hydroxylation is 3. The third-order valence-electron chi connectivity index (χ3n) is 2.56. The number of hydrogen-bond donors (Lipinski definition) is 1. The second-order valence-corrected chi connectivity index (χ2v) is 6.09. The fourth-order valence-corrected chi connectivity index (χ4v) is 3.34. The Morgan fingerprint density at radius 3 is 2.53 bits per heavy atom. The molecule has 0 aliphatic carbocycles. The standard InChI is InChI=1S/C11H12ClN3O3S/c1-6-4-10(12)13-5-9(6)15-19(16,17)11-7(2)14-18-8(11)3/h4-5,15H,1-3H3. The molecule has 2 aromatic heterocycles. The molecule has 0 aliphatic rings. The van der Waals surface area contributed by atoms with E-state index in [1.54, 1.807) is 26.8 Å². The Kier molecular flexibility index (Phi) is 3.51. The summed E-state index contributed by atoms with van der Waals surface area (Å²) in [7, 11) is -3.76. The second-order valence-electron chi connectivity index (χ2n) is 4.08. The molecule has 8 heteroatoms. The van der Waals surface area contributed by atoms with E-state index in [4.69, 9.17) is 16.1 Å². The molecule has 0 radical (unpaired) electrons. The molecular weight excluding hydrogens is 290 g/mol. The first kappa shape index (κ1) is 13.8. The summed E-state index contributed by atoms with van der Waals surface area (Å²) in [5, 5.41) is 3.93. The van der Waals surface area contributed by atoms with Gasteiger partial charge in [0.15, 0.2) is 10.7 Å². The molecule has 6 nitrogen and oxygen atoms in total. The van der Waals surface area contributed by atoms with Crippen LogP contribution < -0.4 is 4.72 Å². The second kappa shape index (κ2) is 4.82. The summed E-state index contributed by atoms with van der Waals surface area (Å²) in [6, 6.07) is 1.58. The molecule has 0 unspecified atom stereocenters. The maximum absolute atomic E-state index is 12.3. The van der Waals surface area contributed by atoms with E-state index in [2.05, 4.69) is 14.9 Å². The molecule has 0 saturated heterocycles. The van der Waals surface area contributed by atoms with Crippen molar-refractivity contribution in [1.82, 2.24) is 10.1 Å². The average molecular weight is 302 g/mol. The molecule has 0 amide bonds. The van der Waals surface area contributed by atoms with Gasteiger partial charge in [-0.2, -0.15) is 0 Å². The molecule has 0 spiro atoms. The van der Waals surface area contributed by atoms with Crippen LogP contribution in [0.1, 0.15) is 17.0 Å². The van der Waals surface area contributed by atoms with Crippen LogP contribution in [0, 0.1) is 20.8 Å². The zero-order valence-corrected chi connectivity index (χ0v) is 12.1. The number of nitrogens with one attached hydrogen (secondary N) is 1. The first-order valence-corrected chi connectivity index (χ1v) is 7.25. The minimum atomic E-state index is -3.76. The molecule has 0 fully saturated rings. The summed E-state index contributed by atoms with van der Waals surface area (Å²) in [5.41, 5.74) is 1.35. The van der Waals surface area contributed by atoms with Gasteiger partial charge in [-0.15, -0.1) is 0 Å². The van der Waals surface area contributed by atoms with E-state index < -0.39 is 10.0 Å². The molecule has 2 heterocycles. The summed E-state index contributed by atoms with van der Waals surface area (Å²) >= 11 is 5.72. The van der Waals surface area contributed by atoms with E-state index in [1.165, 1.54) is 6.20 Å². The number of rotatable bonds is 3. The Hall–Kier alpha value is -1.60. The van der Waals surface area contributed by atoms with Gasteiger partial charge in [-0.1, -0.05) is 16.8 Å². The van der Waals surface area contributed by atoms with E-state index in [0.29, 0.717) is 22.1 Å². The van der Waals surface area contributed by atoms with Crippen molar-refractivity contribution in [2.24, 2.45) is 0 Å². The monoisotopic (exact) mass is 301 g/mol. The van der Waals surface area contributed by atoms with Crippen LogP contribution in [-0.2, 0) is 10.0 Å². The number of aromatic nitrogens is 2. The Balaban J connectivity index is 2.42. The molecular formula is C11H12ClN3O3S. The Morgan fingerprint density at radius 1 is 1.32 bits per heavy atom. The average Bonchev–Trinajstić information content (AvgIpc) is 2.63. The van der Waals surface area contributed by atoms with Gasteiger partial charge in [0.25, 0.3) is 10.0 Å². The number of hydrogen-bond acceptors (Lipinski definition) is 5. The van der Waals surface area contributed by atoms with Crippen LogP contribution in [-0.4, -0.2) is 18.6 Å². The zero-order chi connectivity index (χ0) is 14.2. The number of anilines is 1. The lowest BCUT2D eigenvalue weighted by atomic mass is 10.3. The summed E-state index contributed by atoms with van der Waals surface area (Å²) in [6.45, 7) is 4.85. The Bertz CT molecular complexity index is 705. The Labute approximate surface area is 115 Å². The molecule has 1 N–H and O–H groups in total. The maximum Gasteiger partial charge on any atom is 0.267 e. The molecule has 102 valence electrons. The summed E-state index contributed by atoms with van der Waals surface area (Å²) in [5.74, 6) is 0.240. The van der Waals surface area contributed by atoms with E-state index in [-0.39, 0.29) is 10.7 Å². The summed E-state index contributed by atoms with van der Waals surface area (Å²) in [4.78, 5) is 3.89. The number of halogens is 1. The maximum atomic E-state index is 12.3. The van der Waals surface area contributed by atoms with Crippen molar-refractivity contribution >= 4 is 27.3 Å². The van der Waals surface area contributed by atoms with Crippen LogP contribution >= 0.6 is 11.6 Å². The highest BCUT2D eigenvalue weighted by atomic mass is 35.5. The predicted octanol–water partition coefficient (Wildman–Crippen LogP) is 2.45. The molecule has 0 aliphatic heterocycles. The topological polar surface area (TPSA) is 85.1 Å². The van der Waals surface area contributed by atoms with Crippen molar-refractivity contribution in [3.63, 3.8) is 0 Å². The normalized spacial score (nSPS) is 11.6. The quantitative estimate of drug-likeness (QED) is 0.880. The van der Waals surface area contributed by atoms with Gasteiger partial charge >= 0.3 is 0 Å². The smallest absolute Gasteiger partial charge is 0.267 e. The van der Waals surface area contributed by atoms with Gasteiger partial charge in [-0.25, -0.2) is 13.4 Å². The lowest BCUT2D eigenvalue weighted by molar-refractivity contribution is 0.390. The first-order valence-electron chi connectivity index (χ1n) is 5.39. The van der Waals surface area contributed by atoms with Gasteiger partial charge in [0.2, 0.25) is 0 Å². The van der Waals surface area contributed by atoms with Gasteiger partial charge in [0, 0.05) is 0 Å². The predicted molar refractivity (Wildman–Crippen MR) is 70.8 cm³/mol. The van der Waals surface area contributed by atoms with Crippen molar-refractivity contribution in [2.75, 3.05) is 4.72 Å². The molecule has 0 saturated carbocycles. The van der Waals surface area contributed by atoms with E-state index >= 15 is 0 Å². The fourth-order valence-electron chi connectivity index (χ4n) is 1.68. The highest BCUT2D eigenvalue weighted by molar-refractivity contribution is 7.92. The van der Waals surface area contributed by atoms with Gasteiger partial charge in [-0.05, 0) is 32.4 Å². The van der Waals surface area contributed by atoms with Crippen molar-refractivity contribution in [1.29, 1.82) is 0 Å². The highest BCUT2D eigenvalue weighted by Gasteiger charge is 2.24. The van der Waals surface area contributed by atoms with Crippen molar-refractivity contribution in [2.45, 2.75) is 25.7 Å². The molecule has 19 heavy (non-hydrogen) atoms. The van der Waals surface area contributed by atoms with E-state index in [0.717, 1.165) is 0 Å². The first-order chi connectivity index (χ1) is 8.81. The Morgan fingerprint density at radius 2 is 2.00 bits per heavy atom. The van der Waals surface area contributed by atoms with Gasteiger partial charge in [0.05, 0.1) is 11.9 Å². The lowest BCUT2D eigenvalue weighted by Crippen LogP contribution is -2.15. The third kappa shape index (κ3) is 2.71. The molecule has 0 bridgehead atoms. The van der Waals surface area contributed by atoms with E-state index in [1.807, 2.05) is 0 Å². The number of sulfonamides is 1. The van der Waals surface area contributed by atoms with Crippen LogP contribution in [0.5, 0.6) is 0 Å². The number of pyridine rings is 1. The largest absolute Gasteiger partial charge is 0.360 e. The van der Waals surface area contributed by atoms with Crippen molar-refractivity contribution < 1.29 is 12.9 Å². The van der Waals surface area contributed by atoms with Crippen LogP contribution in [0.25, 0.3) is 0 Å². The fraction of sp³-hybridized carbons (Fsp3) is 0.273. The number of nitrogens with zero attached hydrogens (tertiary/aromatic N) is 2. The molecule has 2 rings (SSSR count). The van der Waals surface area contributed by atoms with Gasteiger partial charge in [0.1, 0.15) is 10.8 Å². The molecule has 0 atom stereocenters. The molecule has 2 aromatic rings. The minimum Gasteiger partial charge on any atom is -0.360 e. The van der Waals surface area contributed by atoms with Crippen molar-refractivity contribution in [3.8, 4) is 0 Å². The van der Waals surface area contributed by atoms with Gasteiger partial charge < -0.3 is 4.52 Å². The zero-order valence-electron chi connectivity index (χ0n) is 10.6. The van der Waals surface area contributed by atoms with Crippen LogP contribution in [0.15, 0.2) is 21.7 Å².